The lowest BCUT2D eigenvalue weighted by Gasteiger charge is -2.20. The highest BCUT2D eigenvalue weighted by molar-refractivity contribution is 7.05. The molecule has 2 heterocycles. The minimum Gasteiger partial charge on any atom is -0.318 e. The first-order chi connectivity index (χ1) is 8.95. The van der Waals surface area contributed by atoms with E-state index in [1.807, 2.05) is 10.7 Å². The Labute approximate surface area is 118 Å². The molecular weight excluding hydrogens is 258 g/mol. The van der Waals surface area contributed by atoms with Crippen LogP contribution in [0.1, 0.15) is 56.4 Å². The van der Waals surface area contributed by atoms with Gasteiger partial charge in [0.15, 0.2) is 0 Å². The first kappa shape index (κ1) is 14.1. The topological polar surface area (TPSA) is 69.6 Å². The molecule has 1 unspecified atom stereocenters. The number of hydrogen-bond donors (Lipinski definition) is 1. The minimum absolute atomic E-state index is 0.0461. The molecule has 0 fully saturated rings. The Bertz CT molecular complexity index is 537. The summed E-state index contributed by atoms with van der Waals surface area (Å²) >= 11 is 1.38. The van der Waals surface area contributed by atoms with Crippen molar-refractivity contribution in [2.75, 3.05) is 0 Å². The van der Waals surface area contributed by atoms with Crippen molar-refractivity contribution in [3.8, 4) is 0 Å². The SMILES string of the molecule is CCCn1nccc1C(N)c1snnc1C(C)(C)C. The fourth-order valence-electron chi connectivity index (χ4n) is 2.06. The molecular formula is C13H21N5S. The van der Waals surface area contributed by atoms with Gasteiger partial charge in [-0.25, -0.2) is 0 Å². The molecule has 0 saturated carbocycles. The molecule has 0 bridgehead atoms. The summed E-state index contributed by atoms with van der Waals surface area (Å²) in [6.07, 6.45) is 2.84. The zero-order chi connectivity index (χ0) is 14.0. The zero-order valence-electron chi connectivity index (χ0n) is 11.9. The number of hydrogen-bond acceptors (Lipinski definition) is 5. The molecule has 0 saturated heterocycles. The molecule has 6 heteroatoms. The van der Waals surface area contributed by atoms with Gasteiger partial charge in [-0.15, -0.1) is 5.10 Å². The van der Waals surface area contributed by atoms with E-state index < -0.39 is 0 Å². The third-order valence-electron chi connectivity index (χ3n) is 3.01. The Morgan fingerprint density at radius 1 is 1.42 bits per heavy atom. The van der Waals surface area contributed by atoms with Crippen LogP contribution in [0, 0.1) is 0 Å². The molecule has 2 rings (SSSR count). The summed E-state index contributed by atoms with van der Waals surface area (Å²) < 4.78 is 6.05. The van der Waals surface area contributed by atoms with E-state index in [1.165, 1.54) is 11.5 Å². The van der Waals surface area contributed by atoms with Crippen molar-refractivity contribution in [1.29, 1.82) is 0 Å². The minimum atomic E-state index is -0.205. The summed E-state index contributed by atoms with van der Waals surface area (Å²) in [4.78, 5) is 1.03. The number of nitrogens with zero attached hydrogens (tertiary/aromatic N) is 4. The van der Waals surface area contributed by atoms with E-state index in [2.05, 4.69) is 42.4 Å². The second-order valence-electron chi connectivity index (χ2n) is 5.69. The average Bonchev–Trinajstić information content (AvgIpc) is 2.95. The largest absolute Gasteiger partial charge is 0.318 e. The van der Waals surface area contributed by atoms with Crippen LogP contribution >= 0.6 is 11.5 Å². The van der Waals surface area contributed by atoms with Gasteiger partial charge >= 0.3 is 0 Å². The summed E-state index contributed by atoms with van der Waals surface area (Å²) in [5.74, 6) is 0. The molecule has 104 valence electrons. The van der Waals surface area contributed by atoms with Crippen LogP contribution in [0.3, 0.4) is 0 Å². The molecule has 2 N–H and O–H groups in total. The average molecular weight is 279 g/mol. The van der Waals surface area contributed by atoms with Gasteiger partial charge in [0.1, 0.15) is 0 Å². The number of nitrogens with two attached hydrogens (primary N) is 1. The van der Waals surface area contributed by atoms with Gasteiger partial charge in [-0.2, -0.15) is 5.10 Å². The second kappa shape index (κ2) is 5.38. The Kier molecular flexibility index (Phi) is 4.01. The Balaban J connectivity index is 2.37. The van der Waals surface area contributed by atoms with Crippen LogP contribution in [0.4, 0.5) is 0 Å². The third-order valence-corrected chi connectivity index (χ3v) is 3.82. The molecule has 2 aromatic heterocycles. The third kappa shape index (κ3) is 2.84. The molecule has 0 aliphatic rings. The smallest absolute Gasteiger partial charge is 0.0861 e. The lowest BCUT2D eigenvalue weighted by molar-refractivity contribution is 0.539. The molecule has 0 aliphatic carbocycles. The van der Waals surface area contributed by atoms with Crippen LogP contribution in [-0.4, -0.2) is 19.4 Å². The van der Waals surface area contributed by atoms with E-state index in [9.17, 15) is 0 Å². The van der Waals surface area contributed by atoms with Gasteiger partial charge in [0, 0.05) is 18.2 Å². The Morgan fingerprint density at radius 3 is 2.79 bits per heavy atom. The van der Waals surface area contributed by atoms with Crippen molar-refractivity contribution in [2.24, 2.45) is 5.73 Å². The maximum atomic E-state index is 6.40. The molecule has 0 amide bonds. The predicted octanol–water partition coefficient (Wildman–Crippen LogP) is 2.49. The van der Waals surface area contributed by atoms with Crippen LogP contribution < -0.4 is 5.73 Å². The molecule has 0 aliphatic heterocycles. The van der Waals surface area contributed by atoms with Gasteiger partial charge in [0.05, 0.1) is 22.3 Å². The lowest BCUT2D eigenvalue weighted by Crippen LogP contribution is -2.22. The molecule has 0 spiro atoms. The van der Waals surface area contributed by atoms with Gasteiger partial charge in [-0.1, -0.05) is 32.2 Å². The van der Waals surface area contributed by atoms with Crippen LogP contribution in [0.2, 0.25) is 0 Å². The Morgan fingerprint density at radius 2 is 2.16 bits per heavy atom. The fourth-order valence-corrected chi connectivity index (χ4v) is 2.94. The fraction of sp³-hybridized carbons (Fsp3) is 0.615. The van der Waals surface area contributed by atoms with Gasteiger partial charge < -0.3 is 5.73 Å². The Hall–Kier alpha value is -1.27. The highest BCUT2D eigenvalue weighted by Crippen LogP contribution is 2.32. The van der Waals surface area contributed by atoms with Crippen molar-refractivity contribution >= 4 is 11.5 Å². The van der Waals surface area contributed by atoms with E-state index in [4.69, 9.17) is 5.73 Å². The summed E-state index contributed by atoms with van der Waals surface area (Å²) in [6.45, 7) is 9.40. The number of rotatable bonds is 4. The summed E-state index contributed by atoms with van der Waals surface area (Å²) in [5.41, 5.74) is 8.36. The van der Waals surface area contributed by atoms with Crippen LogP contribution in [0.25, 0.3) is 0 Å². The highest BCUT2D eigenvalue weighted by Gasteiger charge is 2.27. The predicted molar refractivity (Wildman–Crippen MR) is 77.2 cm³/mol. The monoisotopic (exact) mass is 279 g/mol. The quantitative estimate of drug-likeness (QED) is 0.933. The van der Waals surface area contributed by atoms with Crippen LogP contribution in [0.5, 0.6) is 0 Å². The van der Waals surface area contributed by atoms with E-state index in [0.717, 1.165) is 29.2 Å². The summed E-state index contributed by atoms with van der Waals surface area (Å²) in [6, 6.07) is 1.77. The van der Waals surface area contributed by atoms with Crippen molar-refractivity contribution in [1.82, 2.24) is 19.4 Å². The normalized spacial score (nSPS) is 13.7. The number of aromatic nitrogens is 4. The summed E-state index contributed by atoms with van der Waals surface area (Å²) in [7, 11) is 0. The highest BCUT2D eigenvalue weighted by atomic mass is 32.1. The first-order valence-electron chi connectivity index (χ1n) is 6.55. The second-order valence-corrected chi connectivity index (χ2v) is 6.48. The van der Waals surface area contributed by atoms with Crippen molar-refractivity contribution in [3.05, 3.63) is 28.5 Å². The van der Waals surface area contributed by atoms with E-state index in [0.29, 0.717) is 0 Å². The van der Waals surface area contributed by atoms with E-state index in [-0.39, 0.29) is 11.5 Å². The zero-order valence-corrected chi connectivity index (χ0v) is 12.7. The molecule has 0 radical (unpaired) electrons. The number of aryl methyl sites for hydroxylation is 1. The van der Waals surface area contributed by atoms with Crippen LogP contribution in [0.15, 0.2) is 12.3 Å². The van der Waals surface area contributed by atoms with E-state index >= 15 is 0 Å². The summed E-state index contributed by atoms with van der Waals surface area (Å²) in [5, 5.41) is 8.58. The maximum absolute atomic E-state index is 6.40. The van der Waals surface area contributed by atoms with Crippen molar-refractivity contribution in [3.63, 3.8) is 0 Å². The standard InChI is InChI=1S/C13H21N5S/c1-5-8-18-9(6-7-15-18)10(14)11-12(13(2,3)4)16-17-19-11/h6-7,10H,5,8,14H2,1-4H3. The molecule has 1 atom stereocenters. The molecule has 2 aromatic rings. The van der Waals surface area contributed by atoms with Crippen LogP contribution in [-0.2, 0) is 12.0 Å². The van der Waals surface area contributed by atoms with E-state index in [1.54, 1.807) is 6.20 Å². The first-order valence-corrected chi connectivity index (χ1v) is 7.32. The maximum Gasteiger partial charge on any atom is 0.0861 e. The lowest BCUT2D eigenvalue weighted by atomic mass is 9.89. The van der Waals surface area contributed by atoms with Crippen molar-refractivity contribution in [2.45, 2.75) is 52.1 Å². The van der Waals surface area contributed by atoms with Gasteiger partial charge in [-0.05, 0) is 24.0 Å². The molecule has 0 aromatic carbocycles. The van der Waals surface area contributed by atoms with Crippen molar-refractivity contribution < 1.29 is 0 Å². The van der Waals surface area contributed by atoms with Gasteiger partial charge in [0.2, 0.25) is 0 Å². The molecule has 19 heavy (non-hydrogen) atoms. The van der Waals surface area contributed by atoms with Gasteiger partial charge in [-0.3, -0.25) is 4.68 Å². The molecule has 5 nitrogen and oxygen atoms in total. The van der Waals surface area contributed by atoms with Gasteiger partial charge in [0.25, 0.3) is 0 Å².